The molecule has 0 aromatic heterocycles. The quantitative estimate of drug-likeness (QED) is 0.859. The van der Waals surface area contributed by atoms with E-state index in [2.05, 4.69) is 17.6 Å². The van der Waals surface area contributed by atoms with E-state index >= 15 is 0 Å². The Kier molecular flexibility index (Phi) is 6.79. The fourth-order valence-corrected chi connectivity index (χ4v) is 3.58. The van der Waals surface area contributed by atoms with Crippen molar-refractivity contribution in [2.75, 3.05) is 18.0 Å². The Morgan fingerprint density at radius 1 is 1.32 bits per heavy atom. The Bertz CT molecular complexity index is 628. The van der Waals surface area contributed by atoms with Gasteiger partial charge in [0.1, 0.15) is 11.9 Å². The second-order valence-electron chi connectivity index (χ2n) is 6.72. The SMILES string of the molecule is C[C@H]1C[C@@H](C(=O)NC2CCCN(c3ccccc3F)C2=O)CCN1.Cl. The lowest BCUT2D eigenvalue weighted by Crippen LogP contribution is -2.54. The Labute approximate surface area is 153 Å². The summed E-state index contributed by atoms with van der Waals surface area (Å²) in [6, 6.07) is 6.02. The first-order valence-corrected chi connectivity index (χ1v) is 8.66. The molecular weight excluding hydrogens is 345 g/mol. The molecule has 5 nitrogen and oxygen atoms in total. The average molecular weight is 370 g/mol. The van der Waals surface area contributed by atoms with Crippen molar-refractivity contribution in [1.82, 2.24) is 10.6 Å². The highest BCUT2D eigenvalue weighted by Gasteiger charge is 2.34. The van der Waals surface area contributed by atoms with Crippen LogP contribution in [0.4, 0.5) is 10.1 Å². The average Bonchev–Trinajstić information content (AvgIpc) is 2.57. The fourth-order valence-electron chi connectivity index (χ4n) is 3.58. The van der Waals surface area contributed by atoms with Gasteiger partial charge in [0.25, 0.3) is 0 Å². The van der Waals surface area contributed by atoms with Gasteiger partial charge < -0.3 is 15.5 Å². The molecule has 0 bridgehead atoms. The van der Waals surface area contributed by atoms with E-state index in [4.69, 9.17) is 0 Å². The van der Waals surface area contributed by atoms with Crippen LogP contribution in [0.3, 0.4) is 0 Å². The van der Waals surface area contributed by atoms with E-state index in [1.165, 1.54) is 11.0 Å². The second-order valence-corrected chi connectivity index (χ2v) is 6.72. The molecule has 2 aliphatic heterocycles. The molecule has 138 valence electrons. The normalized spacial score (nSPS) is 26.7. The number of anilines is 1. The van der Waals surface area contributed by atoms with Crippen LogP contribution >= 0.6 is 12.4 Å². The number of rotatable bonds is 3. The van der Waals surface area contributed by atoms with E-state index < -0.39 is 11.9 Å². The summed E-state index contributed by atoms with van der Waals surface area (Å²) >= 11 is 0. The van der Waals surface area contributed by atoms with Crippen molar-refractivity contribution < 1.29 is 14.0 Å². The minimum Gasteiger partial charge on any atom is -0.344 e. The lowest BCUT2D eigenvalue weighted by Gasteiger charge is -2.34. The molecule has 3 atom stereocenters. The number of hydrogen-bond acceptors (Lipinski definition) is 3. The molecular formula is C18H25ClFN3O2. The van der Waals surface area contributed by atoms with Crippen LogP contribution in [0, 0.1) is 11.7 Å². The van der Waals surface area contributed by atoms with Gasteiger partial charge in [-0.25, -0.2) is 4.39 Å². The summed E-state index contributed by atoms with van der Waals surface area (Å²) < 4.78 is 14.0. The van der Waals surface area contributed by atoms with Crippen LogP contribution in [0.5, 0.6) is 0 Å². The monoisotopic (exact) mass is 369 g/mol. The number of carbonyl (C=O) groups is 2. The van der Waals surface area contributed by atoms with Gasteiger partial charge in [0.15, 0.2) is 0 Å². The Hall–Kier alpha value is -1.66. The van der Waals surface area contributed by atoms with Crippen molar-refractivity contribution in [2.45, 2.75) is 44.7 Å². The third-order valence-corrected chi connectivity index (χ3v) is 4.89. The summed E-state index contributed by atoms with van der Waals surface area (Å²) in [5.74, 6) is -0.748. The van der Waals surface area contributed by atoms with E-state index in [0.29, 0.717) is 19.0 Å². The summed E-state index contributed by atoms with van der Waals surface area (Å²) in [6.45, 7) is 3.36. The van der Waals surface area contributed by atoms with E-state index in [9.17, 15) is 14.0 Å². The Balaban J connectivity index is 0.00000225. The van der Waals surface area contributed by atoms with Gasteiger partial charge in [-0.2, -0.15) is 0 Å². The van der Waals surface area contributed by atoms with Gasteiger partial charge in [-0.1, -0.05) is 12.1 Å². The molecule has 0 radical (unpaired) electrons. The topological polar surface area (TPSA) is 61.4 Å². The molecule has 3 rings (SSSR count). The van der Waals surface area contributed by atoms with Crippen molar-refractivity contribution in [1.29, 1.82) is 0 Å². The van der Waals surface area contributed by atoms with E-state index in [-0.39, 0.29) is 35.8 Å². The number of carbonyl (C=O) groups excluding carboxylic acids is 2. The predicted molar refractivity (Wildman–Crippen MR) is 97.4 cm³/mol. The van der Waals surface area contributed by atoms with Gasteiger partial charge in [-0.05, 0) is 51.3 Å². The number of benzene rings is 1. The van der Waals surface area contributed by atoms with Gasteiger partial charge in [0.2, 0.25) is 11.8 Å². The molecule has 1 unspecified atom stereocenters. The van der Waals surface area contributed by atoms with Crippen LogP contribution in [0.25, 0.3) is 0 Å². The molecule has 1 aromatic carbocycles. The third-order valence-electron chi connectivity index (χ3n) is 4.89. The van der Waals surface area contributed by atoms with Gasteiger partial charge in [0.05, 0.1) is 5.69 Å². The summed E-state index contributed by atoms with van der Waals surface area (Å²) in [4.78, 5) is 26.6. The molecule has 2 N–H and O–H groups in total. The fraction of sp³-hybridized carbons (Fsp3) is 0.556. The first kappa shape index (κ1) is 19.7. The molecule has 25 heavy (non-hydrogen) atoms. The van der Waals surface area contributed by atoms with E-state index in [1.807, 2.05) is 0 Å². The summed E-state index contributed by atoms with van der Waals surface area (Å²) in [5.41, 5.74) is 0.289. The number of piperidine rings is 2. The standard InChI is InChI=1S/C18H24FN3O2.ClH/c1-12-11-13(8-9-20-12)17(23)21-15-6-4-10-22(18(15)24)16-7-3-2-5-14(16)19;/h2-3,5,7,12-13,15,20H,4,6,8-11H2,1H3,(H,21,23);1H/t12-,13-,15?;/m0./s1. The van der Waals surface area contributed by atoms with Crippen molar-refractivity contribution in [3.05, 3.63) is 30.1 Å². The molecule has 2 fully saturated rings. The maximum atomic E-state index is 14.0. The van der Waals surface area contributed by atoms with Gasteiger partial charge in [-0.3, -0.25) is 9.59 Å². The molecule has 2 heterocycles. The number of hydrogen-bond donors (Lipinski definition) is 2. The Morgan fingerprint density at radius 2 is 2.08 bits per heavy atom. The molecule has 0 aliphatic carbocycles. The molecule has 2 amide bonds. The van der Waals surface area contributed by atoms with Crippen molar-refractivity contribution in [3.8, 4) is 0 Å². The van der Waals surface area contributed by atoms with Crippen molar-refractivity contribution in [2.24, 2.45) is 5.92 Å². The van der Waals surface area contributed by atoms with Crippen LogP contribution in [-0.4, -0.2) is 37.0 Å². The van der Waals surface area contributed by atoms with Gasteiger partial charge >= 0.3 is 0 Å². The highest BCUT2D eigenvalue weighted by Crippen LogP contribution is 2.24. The highest BCUT2D eigenvalue weighted by molar-refractivity contribution is 6.00. The minimum absolute atomic E-state index is 0. The predicted octanol–water partition coefficient (Wildman–Crippen LogP) is 2.25. The molecule has 7 heteroatoms. The lowest BCUT2D eigenvalue weighted by molar-refractivity contribution is -0.131. The first-order chi connectivity index (χ1) is 11.6. The van der Waals surface area contributed by atoms with Gasteiger partial charge in [0, 0.05) is 18.5 Å². The zero-order chi connectivity index (χ0) is 17.1. The van der Waals surface area contributed by atoms with Crippen LogP contribution in [-0.2, 0) is 9.59 Å². The van der Waals surface area contributed by atoms with E-state index in [0.717, 1.165) is 25.8 Å². The number of para-hydroxylation sites is 1. The third kappa shape index (κ3) is 4.50. The van der Waals surface area contributed by atoms with Crippen molar-refractivity contribution in [3.63, 3.8) is 0 Å². The summed E-state index contributed by atoms with van der Waals surface area (Å²) in [6.07, 6.45) is 2.92. The van der Waals surface area contributed by atoms with Crippen molar-refractivity contribution >= 4 is 29.9 Å². The molecule has 2 saturated heterocycles. The maximum Gasteiger partial charge on any atom is 0.249 e. The van der Waals surface area contributed by atoms with Crippen LogP contribution in [0.1, 0.15) is 32.6 Å². The number of amides is 2. The number of halogens is 2. The number of nitrogens with zero attached hydrogens (tertiary/aromatic N) is 1. The van der Waals surface area contributed by atoms with Crippen LogP contribution < -0.4 is 15.5 Å². The Morgan fingerprint density at radius 3 is 2.80 bits per heavy atom. The molecule has 2 aliphatic rings. The maximum absolute atomic E-state index is 14.0. The largest absolute Gasteiger partial charge is 0.344 e. The number of nitrogens with one attached hydrogen (secondary N) is 2. The molecule has 1 aromatic rings. The van der Waals surface area contributed by atoms with Crippen LogP contribution in [0.2, 0.25) is 0 Å². The second kappa shape index (κ2) is 8.63. The summed E-state index contributed by atoms with van der Waals surface area (Å²) in [5, 5.41) is 6.21. The van der Waals surface area contributed by atoms with Crippen LogP contribution in [0.15, 0.2) is 24.3 Å². The summed E-state index contributed by atoms with van der Waals surface area (Å²) in [7, 11) is 0. The zero-order valence-corrected chi connectivity index (χ0v) is 15.2. The zero-order valence-electron chi connectivity index (χ0n) is 14.3. The first-order valence-electron chi connectivity index (χ1n) is 8.66. The van der Waals surface area contributed by atoms with E-state index in [1.54, 1.807) is 18.2 Å². The molecule has 0 spiro atoms. The smallest absolute Gasteiger partial charge is 0.249 e. The van der Waals surface area contributed by atoms with Gasteiger partial charge in [-0.15, -0.1) is 12.4 Å². The highest BCUT2D eigenvalue weighted by atomic mass is 35.5. The lowest BCUT2D eigenvalue weighted by atomic mass is 9.91. The molecule has 0 saturated carbocycles. The minimum atomic E-state index is -0.559.